The van der Waals surface area contributed by atoms with Crippen LogP contribution in [0.15, 0.2) is 34.6 Å². The number of aliphatic imine (C=N–C) groups is 1. The lowest BCUT2D eigenvalue weighted by Gasteiger charge is -2.12. The van der Waals surface area contributed by atoms with Crippen molar-refractivity contribution in [2.75, 3.05) is 20.2 Å². The molecule has 0 unspecified atom stereocenters. The van der Waals surface area contributed by atoms with Gasteiger partial charge in [0.05, 0.1) is 11.6 Å². The Morgan fingerprint density at radius 2 is 1.86 bits per heavy atom. The number of halogens is 4. The van der Waals surface area contributed by atoms with Crippen LogP contribution >= 0.6 is 35.3 Å². The minimum Gasteiger partial charge on any atom is -0.377 e. The second-order valence-electron chi connectivity index (χ2n) is 5.68. The first kappa shape index (κ1) is 24.6. The molecule has 1 aromatic heterocycles. The molecule has 0 fully saturated rings. The van der Waals surface area contributed by atoms with E-state index in [9.17, 15) is 13.2 Å². The summed E-state index contributed by atoms with van der Waals surface area (Å²) < 4.78 is 43.0. The molecule has 0 radical (unpaired) electrons. The van der Waals surface area contributed by atoms with Crippen molar-refractivity contribution in [3.8, 4) is 0 Å². The molecule has 0 aliphatic carbocycles. The maximum atomic E-state index is 12.5. The molecular weight excluding hydrogens is 504 g/mol. The SMILES string of the molecule is CCOCc1ccc(CNC(=NC)NCCc2nc(C(F)(F)F)cs2)cc1.I. The molecule has 2 aromatic rings. The highest BCUT2D eigenvalue weighted by atomic mass is 127. The summed E-state index contributed by atoms with van der Waals surface area (Å²) in [7, 11) is 1.64. The van der Waals surface area contributed by atoms with Crippen molar-refractivity contribution in [3.63, 3.8) is 0 Å². The summed E-state index contributed by atoms with van der Waals surface area (Å²) in [5.74, 6) is 0.584. The van der Waals surface area contributed by atoms with Crippen molar-refractivity contribution in [1.29, 1.82) is 0 Å². The summed E-state index contributed by atoms with van der Waals surface area (Å²) in [6, 6.07) is 8.07. The Bertz CT molecular complexity index is 735. The van der Waals surface area contributed by atoms with Crippen LogP contribution in [0.4, 0.5) is 13.2 Å². The van der Waals surface area contributed by atoms with E-state index in [-0.39, 0.29) is 24.0 Å². The topological polar surface area (TPSA) is 58.5 Å². The van der Waals surface area contributed by atoms with Gasteiger partial charge in [-0.15, -0.1) is 35.3 Å². The van der Waals surface area contributed by atoms with Gasteiger partial charge in [-0.05, 0) is 18.1 Å². The smallest absolute Gasteiger partial charge is 0.377 e. The largest absolute Gasteiger partial charge is 0.434 e. The molecule has 2 N–H and O–H groups in total. The van der Waals surface area contributed by atoms with Crippen LogP contribution in [-0.4, -0.2) is 31.1 Å². The van der Waals surface area contributed by atoms with Gasteiger partial charge in [-0.2, -0.15) is 13.2 Å². The van der Waals surface area contributed by atoms with E-state index < -0.39 is 11.9 Å². The average Bonchev–Trinajstić information content (AvgIpc) is 3.13. The second kappa shape index (κ2) is 12.2. The fourth-order valence-electron chi connectivity index (χ4n) is 2.22. The van der Waals surface area contributed by atoms with E-state index in [1.807, 2.05) is 31.2 Å². The molecule has 28 heavy (non-hydrogen) atoms. The van der Waals surface area contributed by atoms with Gasteiger partial charge in [0.15, 0.2) is 11.7 Å². The lowest BCUT2D eigenvalue weighted by Crippen LogP contribution is -2.37. The van der Waals surface area contributed by atoms with Crippen LogP contribution in [0.5, 0.6) is 0 Å². The molecule has 0 spiro atoms. The first-order chi connectivity index (χ1) is 12.9. The number of hydrogen-bond acceptors (Lipinski definition) is 4. The van der Waals surface area contributed by atoms with Gasteiger partial charge in [0, 0.05) is 38.5 Å². The number of guanidine groups is 1. The number of benzene rings is 1. The molecule has 1 aromatic carbocycles. The number of rotatable bonds is 8. The molecular formula is C18H24F3IN4OS. The zero-order chi connectivity index (χ0) is 19.7. The molecule has 0 bridgehead atoms. The number of aromatic nitrogens is 1. The highest BCUT2D eigenvalue weighted by Gasteiger charge is 2.33. The molecule has 0 aliphatic rings. The maximum Gasteiger partial charge on any atom is 0.434 e. The fourth-order valence-corrected chi connectivity index (χ4v) is 3.03. The lowest BCUT2D eigenvalue weighted by atomic mass is 10.1. The van der Waals surface area contributed by atoms with Crippen molar-refractivity contribution in [2.24, 2.45) is 4.99 Å². The molecule has 10 heteroatoms. The molecule has 0 saturated carbocycles. The summed E-state index contributed by atoms with van der Waals surface area (Å²) >= 11 is 1.01. The third-order valence-corrected chi connectivity index (χ3v) is 4.56. The number of nitrogens with zero attached hydrogens (tertiary/aromatic N) is 2. The molecule has 0 atom stereocenters. The fraction of sp³-hybridized carbons (Fsp3) is 0.444. The molecule has 0 saturated heterocycles. The first-order valence-corrected chi connectivity index (χ1v) is 9.42. The quantitative estimate of drug-likeness (QED) is 0.306. The highest BCUT2D eigenvalue weighted by molar-refractivity contribution is 14.0. The van der Waals surface area contributed by atoms with Crippen LogP contribution in [0.3, 0.4) is 0 Å². The van der Waals surface area contributed by atoms with Crippen molar-refractivity contribution in [2.45, 2.75) is 32.7 Å². The number of hydrogen-bond donors (Lipinski definition) is 2. The molecule has 0 amide bonds. The number of ether oxygens (including phenoxy) is 1. The van der Waals surface area contributed by atoms with Crippen LogP contribution in [0.2, 0.25) is 0 Å². The van der Waals surface area contributed by atoms with Crippen LogP contribution in [0, 0.1) is 0 Å². The van der Waals surface area contributed by atoms with E-state index in [0.29, 0.717) is 43.7 Å². The monoisotopic (exact) mass is 528 g/mol. The van der Waals surface area contributed by atoms with Gasteiger partial charge in [0.25, 0.3) is 0 Å². The Morgan fingerprint density at radius 3 is 2.43 bits per heavy atom. The summed E-state index contributed by atoms with van der Waals surface area (Å²) in [5.41, 5.74) is 1.37. The van der Waals surface area contributed by atoms with Crippen molar-refractivity contribution in [1.82, 2.24) is 15.6 Å². The van der Waals surface area contributed by atoms with Gasteiger partial charge in [-0.1, -0.05) is 24.3 Å². The van der Waals surface area contributed by atoms with E-state index in [4.69, 9.17) is 4.74 Å². The predicted octanol–water partition coefficient (Wildman–Crippen LogP) is 4.22. The molecule has 2 rings (SSSR count). The van der Waals surface area contributed by atoms with E-state index >= 15 is 0 Å². The van der Waals surface area contributed by atoms with Crippen LogP contribution in [-0.2, 0) is 30.5 Å². The average molecular weight is 528 g/mol. The van der Waals surface area contributed by atoms with Gasteiger partial charge in [-0.3, -0.25) is 4.99 Å². The van der Waals surface area contributed by atoms with Crippen molar-refractivity contribution >= 4 is 41.3 Å². The highest BCUT2D eigenvalue weighted by Crippen LogP contribution is 2.29. The predicted molar refractivity (Wildman–Crippen MR) is 116 cm³/mol. The Morgan fingerprint density at radius 1 is 1.18 bits per heavy atom. The minimum absolute atomic E-state index is 0. The second-order valence-corrected chi connectivity index (χ2v) is 6.62. The lowest BCUT2D eigenvalue weighted by molar-refractivity contribution is -0.140. The zero-order valence-electron chi connectivity index (χ0n) is 15.7. The van der Waals surface area contributed by atoms with Gasteiger partial charge < -0.3 is 15.4 Å². The Labute approximate surface area is 183 Å². The van der Waals surface area contributed by atoms with Gasteiger partial charge in [-0.25, -0.2) is 4.98 Å². The van der Waals surface area contributed by atoms with Gasteiger partial charge in [0.1, 0.15) is 0 Å². The third kappa shape index (κ3) is 8.31. The van der Waals surface area contributed by atoms with Crippen LogP contribution in [0.1, 0.15) is 28.8 Å². The van der Waals surface area contributed by atoms with E-state index in [0.717, 1.165) is 27.8 Å². The van der Waals surface area contributed by atoms with Crippen LogP contribution < -0.4 is 10.6 Å². The van der Waals surface area contributed by atoms with Crippen molar-refractivity contribution in [3.05, 3.63) is 51.5 Å². The van der Waals surface area contributed by atoms with Gasteiger partial charge in [0.2, 0.25) is 0 Å². The molecule has 0 aliphatic heterocycles. The summed E-state index contributed by atoms with van der Waals surface area (Å²) in [6.07, 6.45) is -3.99. The first-order valence-electron chi connectivity index (χ1n) is 8.54. The van der Waals surface area contributed by atoms with E-state index in [1.165, 1.54) is 0 Å². The summed E-state index contributed by atoms with van der Waals surface area (Å²) in [6.45, 7) is 4.27. The number of nitrogens with one attached hydrogen (secondary N) is 2. The maximum absolute atomic E-state index is 12.5. The molecule has 5 nitrogen and oxygen atoms in total. The summed E-state index contributed by atoms with van der Waals surface area (Å²) in [5, 5.41) is 7.73. The number of thiazole rings is 1. The Kier molecular flexibility index (Phi) is 10.8. The Balaban J connectivity index is 0.00000392. The Hall–Kier alpha value is -1.40. The van der Waals surface area contributed by atoms with Crippen molar-refractivity contribution < 1.29 is 17.9 Å². The van der Waals surface area contributed by atoms with Crippen LogP contribution in [0.25, 0.3) is 0 Å². The normalized spacial score (nSPS) is 11.8. The van der Waals surface area contributed by atoms with Gasteiger partial charge >= 0.3 is 6.18 Å². The van der Waals surface area contributed by atoms with E-state index in [2.05, 4.69) is 20.6 Å². The third-order valence-electron chi connectivity index (χ3n) is 3.65. The zero-order valence-corrected chi connectivity index (χ0v) is 18.8. The standard InChI is InChI=1S/C18H23F3N4OS.HI/c1-3-26-11-14-6-4-13(5-7-14)10-24-17(22-2)23-9-8-16-25-15(12-27-16)18(19,20)21;/h4-7,12H,3,8-11H2,1-2H3,(H2,22,23,24);1H. The molecule has 156 valence electrons. The number of alkyl halides is 3. The minimum atomic E-state index is -4.39. The summed E-state index contributed by atoms with van der Waals surface area (Å²) in [4.78, 5) is 7.72. The van der Waals surface area contributed by atoms with E-state index in [1.54, 1.807) is 7.05 Å². The molecule has 1 heterocycles.